The van der Waals surface area contributed by atoms with Crippen LogP contribution in [0.5, 0.6) is 5.75 Å². The zero-order chi connectivity index (χ0) is 14.8. The largest absolute Gasteiger partial charge is 0.489 e. The highest BCUT2D eigenvalue weighted by Gasteiger charge is 2.29. The van der Waals surface area contributed by atoms with Crippen LogP contribution in [0, 0.1) is 13.8 Å². The maximum absolute atomic E-state index is 12.4. The molecule has 0 fully saturated rings. The van der Waals surface area contributed by atoms with Crippen molar-refractivity contribution in [1.29, 1.82) is 0 Å². The number of rotatable bonds is 3. The standard InChI is InChI=1S/C16H15F3O/c1-11-3-4-12(2)15(9-11)20-10-13-5-7-14(8-6-13)16(17,18)19/h3-9H,10H2,1-2H3. The van der Waals surface area contributed by atoms with Crippen LogP contribution in [0.1, 0.15) is 22.3 Å². The van der Waals surface area contributed by atoms with Gasteiger partial charge in [-0.2, -0.15) is 13.2 Å². The van der Waals surface area contributed by atoms with E-state index >= 15 is 0 Å². The van der Waals surface area contributed by atoms with Crippen LogP contribution in [0.4, 0.5) is 13.2 Å². The molecule has 0 aromatic heterocycles. The topological polar surface area (TPSA) is 9.23 Å². The lowest BCUT2D eigenvalue weighted by Gasteiger charge is -2.11. The van der Waals surface area contributed by atoms with E-state index in [0.29, 0.717) is 5.56 Å². The minimum absolute atomic E-state index is 0.252. The summed E-state index contributed by atoms with van der Waals surface area (Å²) in [5, 5.41) is 0. The molecular weight excluding hydrogens is 265 g/mol. The molecule has 106 valence electrons. The Hall–Kier alpha value is -1.97. The summed E-state index contributed by atoms with van der Waals surface area (Å²) in [6.07, 6.45) is -4.30. The Bertz CT molecular complexity index is 586. The van der Waals surface area contributed by atoms with Gasteiger partial charge in [0.25, 0.3) is 0 Å². The molecule has 0 aliphatic heterocycles. The summed E-state index contributed by atoms with van der Waals surface area (Å²) >= 11 is 0. The second-order valence-electron chi connectivity index (χ2n) is 4.75. The van der Waals surface area contributed by atoms with Gasteiger partial charge in [0.1, 0.15) is 12.4 Å². The predicted octanol–water partition coefficient (Wildman–Crippen LogP) is 4.90. The summed E-state index contributed by atoms with van der Waals surface area (Å²) in [5.74, 6) is 0.755. The predicted molar refractivity (Wildman–Crippen MR) is 71.7 cm³/mol. The molecule has 4 heteroatoms. The van der Waals surface area contributed by atoms with Crippen molar-refractivity contribution < 1.29 is 17.9 Å². The van der Waals surface area contributed by atoms with E-state index in [2.05, 4.69) is 0 Å². The molecule has 0 unspecified atom stereocenters. The van der Waals surface area contributed by atoms with Crippen LogP contribution in [0.25, 0.3) is 0 Å². The number of hydrogen-bond acceptors (Lipinski definition) is 1. The van der Waals surface area contributed by atoms with Crippen LogP contribution in [0.2, 0.25) is 0 Å². The molecule has 1 nitrogen and oxygen atoms in total. The van der Waals surface area contributed by atoms with Gasteiger partial charge in [-0.1, -0.05) is 24.3 Å². The van der Waals surface area contributed by atoms with Crippen molar-refractivity contribution in [2.45, 2.75) is 26.6 Å². The van der Waals surface area contributed by atoms with Gasteiger partial charge >= 0.3 is 6.18 Å². The zero-order valence-electron chi connectivity index (χ0n) is 11.3. The highest BCUT2D eigenvalue weighted by molar-refractivity contribution is 5.36. The Kier molecular flexibility index (Phi) is 4.02. The maximum Gasteiger partial charge on any atom is 0.416 e. The second kappa shape index (κ2) is 5.57. The first-order valence-corrected chi connectivity index (χ1v) is 6.22. The van der Waals surface area contributed by atoms with Crippen molar-refractivity contribution in [3.8, 4) is 5.75 Å². The minimum Gasteiger partial charge on any atom is -0.489 e. The summed E-state index contributed by atoms with van der Waals surface area (Å²) in [7, 11) is 0. The van der Waals surface area contributed by atoms with E-state index in [1.165, 1.54) is 12.1 Å². The van der Waals surface area contributed by atoms with Gasteiger partial charge in [0.05, 0.1) is 5.56 Å². The smallest absolute Gasteiger partial charge is 0.416 e. The third kappa shape index (κ3) is 3.53. The van der Waals surface area contributed by atoms with E-state index in [1.807, 2.05) is 32.0 Å². The van der Waals surface area contributed by atoms with E-state index in [0.717, 1.165) is 29.0 Å². The van der Waals surface area contributed by atoms with Gasteiger partial charge in [0.2, 0.25) is 0 Å². The van der Waals surface area contributed by atoms with Crippen molar-refractivity contribution in [2.24, 2.45) is 0 Å². The molecule has 0 bridgehead atoms. The Morgan fingerprint density at radius 1 is 0.950 bits per heavy atom. The zero-order valence-corrected chi connectivity index (χ0v) is 11.3. The van der Waals surface area contributed by atoms with Crippen molar-refractivity contribution in [3.63, 3.8) is 0 Å². The van der Waals surface area contributed by atoms with Gasteiger partial charge in [-0.3, -0.25) is 0 Å². The molecule has 2 aromatic carbocycles. The first kappa shape index (κ1) is 14.4. The van der Waals surface area contributed by atoms with Crippen LogP contribution < -0.4 is 4.74 Å². The van der Waals surface area contributed by atoms with Crippen LogP contribution >= 0.6 is 0 Å². The highest BCUT2D eigenvalue weighted by atomic mass is 19.4. The molecule has 0 amide bonds. The maximum atomic E-state index is 12.4. The highest BCUT2D eigenvalue weighted by Crippen LogP contribution is 2.29. The van der Waals surface area contributed by atoms with E-state index in [4.69, 9.17) is 4.74 Å². The number of hydrogen-bond donors (Lipinski definition) is 0. The van der Waals surface area contributed by atoms with Crippen molar-refractivity contribution >= 4 is 0 Å². The molecule has 0 radical (unpaired) electrons. The Labute approximate surface area is 116 Å². The van der Waals surface area contributed by atoms with Gasteiger partial charge in [-0.05, 0) is 48.7 Å². The van der Waals surface area contributed by atoms with E-state index in [-0.39, 0.29) is 6.61 Å². The van der Waals surface area contributed by atoms with Crippen molar-refractivity contribution in [3.05, 3.63) is 64.7 Å². The van der Waals surface area contributed by atoms with Crippen LogP contribution in [0.3, 0.4) is 0 Å². The van der Waals surface area contributed by atoms with Crippen LogP contribution in [-0.4, -0.2) is 0 Å². The van der Waals surface area contributed by atoms with Gasteiger partial charge in [-0.25, -0.2) is 0 Å². The molecule has 0 atom stereocenters. The summed E-state index contributed by atoms with van der Waals surface area (Å²) in [4.78, 5) is 0. The molecule has 2 rings (SSSR count). The fraction of sp³-hybridized carbons (Fsp3) is 0.250. The molecule has 0 aliphatic carbocycles. The Balaban J connectivity index is 2.06. The van der Waals surface area contributed by atoms with E-state index in [1.54, 1.807) is 0 Å². The molecule has 20 heavy (non-hydrogen) atoms. The summed E-state index contributed by atoms with van der Waals surface area (Å²) in [6, 6.07) is 10.9. The molecule has 0 spiro atoms. The summed E-state index contributed by atoms with van der Waals surface area (Å²) in [6.45, 7) is 4.15. The number of aryl methyl sites for hydroxylation is 2. The molecule has 0 heterocycles. The third-order valence-corrected chi connectivity index (χ3v) is 3.02. The SMILES string of the molecule is Cc1ccc(C)c(OCc2ccc(C(F)(F)F)cc2)c1. The normalized spacial score (nSPS) is 11.4. The van der Waals surface area contributed by atoms with Gasteiger partial charge in [-0.15, -0.1) is 0 Å². The summed E-state index contributed by atoms with van der Waals surface area (Å²) in [5.41, 5.74) is 2.15. The lowest BCUT2D eigenvalue weighted by atomic mass is 10.1. The lowest BCUT2D eigenvalue weighted by molar-refractivity contribution is -0.137. The fourth-order valence-corrected chi connectivity index (χ4v) is 1.81. The number of alkyl halides is 3. The van der Waals surface area contributed by atoms with Gasteiger partial charge in [0.15, 0.2) is 0 Å². The van der Waals surface area contributed by atoms with Crippen molar-refractivity contribution in [2.75, 3.05) is 0 Å². The van der Waals surface area contributed by atoms with Crippen LogP contribution in [-0.2, 0) is 12.8 Å². The third-order valence-electron chi connectivity index (χ3n) is 3.02. The summed E-state index contributed by atoms with van der Waals surface area (Å²) < 4.78 is 43.0. The fourth-order valence-electron chi connectivity index (χ4n) is 1.81. The molecule has 0 saturated carbocycles. The monoisotopic (exact) mass is 280 g/mol. The molecule has 0 saturated heterocycles. The molecular formula is C16H15F3O. The van der Waals surface area contributed by atoms with Gasteiger partial charge < -0.3 is 4.74 Å². The number of halogens is 3. The molecule has 0 aliphatic rings. The number of ether oxygens (including phenoxy) is 1. The minimum atomic E-state index is -4.30. The van der Waals surface area contributed by atoms with E-state index < -0.39 is 11.7 Å². The van der Waals surface area contributed by atoms with Crippen LogP contribution in [0.15, 0.2) is 42.5 Å². The Morgan fingerprint density at radius 2 is 1.60 bits per heavy atom. The number of benzene rings is 2. The first-order chi connectivity index (χ1) is 9.36. The first-order valence-electron chi connectivity index (χ1n) is 6.22. The average molecular weight is 280 g/mol. The average Bonchev–Trinajstić information content (AvgIpc) is 2.39. The lowest BCUT2D eigenvalue weighted by Crippen LogP contribution is -2.05. The second-order valence-corrected chi connectivity index (χ2v) is 4.75. The van der Waals surface area contributed by atoms with Crippen molar-refractivity contribution in [1.82, 2.24) is 0 Å². The molecule has 0 N–H and O–H groups in total. The molecule has 2 aromatic rings. The quantitative estimate of drug-likeness (QED) is 0.777. The van der Waals surface area contributed by atoms with Gasteiger partial charge in [0, 0.05) is 0 Å². The Morgan fingerprint density at radius 3 is 2.20 bits per heavy atom. The van der Waals surface area contributed by atoms with E-state index in [9.17, 15) is 13.2 Å².